The number of nitrogens with zero attached hydrogens (tertiary/aromatic N) is 3. The van der Waals surface area contributed by atoms with E-state index in [1.807, 2.05) is 53.4 Å². The van der Waals surface area contributed by atoms with Crippen LogP contribution in [0.1, 0.15) is 48.0 Å². The van der Waals surface area contributed by atoms with Gasteiger partial charge in [0.1, 0.15) is 5.82 Å². The summed E-state index contributed by atoms with van der Waals surface area (Å²) in [5.74, 6) is 1.16. The van der Waals surface area contributed by atoms with Gasteiger partial charge in [0.25, 0.3) is 0 Å². The van der Waals surface area contributed by atoms with Crippen LogP contribution in [-0.2, 0) is 11.2 Å². The molecule has 4 rings (SSSR count). The molecule has 6 heteroatoms. The number of thiazole rings is 1. The minimum absolute atomic E-state index is 0.0645. The molecule has 0 bridgehead atoms. The average Bonchev–Trinajstić information content (AvgIpc) is 3.37. The summed E-state index contributed by atoms with van der Waals surface area (Å²) in [6, 6.07) is 12.0. The van der Waals surface area contributed by atoms with E-state index in [9.17, 15) is 4.79 Å². The van der Waals surface area contributed by atoms with E-state index >= 15 is 0 Å². The number of carbonyl (C=O) groups is 1. The molecule has 0 saturated heterocycles. The first-order valence-corrected chi connectivity index (χ1v) is 9.93. The van der Waals surface area contributed by atoms with Crippen LogP contribution in [0.2, 0.25) is 0 Å². The number of anilines is 1. The predicted octanol–water partition coefficient (Wildman–Crippen LogP) is 4.48. The summed E-state index contributed by atoms with van der Waals surface area (Å²) in [4.78, 5) is 16.9. The molecule has 1 aliphatic carbocycles. The van der Waals surface area contributed by atoms with E-state index in [0.29, 0.717) is 5.92 Å². The molecule has 1 N–H and O–H groups in total. The number of rotatable bonds is 5. The number of carbonyl (C=O) groups excluding carboxylic acids is 1. The third-order valence-corrected chi connectivity index (χ3v) is 5.60. The van der Waals surface area contributed by atoms with Gasteiger partial charge in [-0.1, -0.05) is 31.0 Å². The SMILES string of the molecule is Cc1nc(CC(=O)Nc2cc(C3CCCC3)nn2-c2ccccc2)cs1. The van der Waals surface area contributed by atoms with Crippen molar-refractivity contribution >= 4 is 23.1 Å². The van der Waals surface area contributed by atoms with Crippen LogP contribution in [0.3, 0.4) is 0 Å². The van der Waals surface area contributed by atoms with Gasteiger partial charge in [-0.05, 0) is 31.9 Å². The standard InChI is InChI=1S/C20H22N4OS/c1-14-21-16(13-26-14)11-20(25)22-19-12-18(15-7-5-6-8-15)23-24(19)17-9-3-2-4-10-17/h2-4,9-10,12-13,15H,5-8,11H2,1H3,(H,22,25). The fraction of sp³-hybridized carbons (Fsp3) is 0.350. The molecule has 2 heterocycles. The number of hydrogen-bond acceptors (Lipinski definition) is 4. The molecular weight excluding hydrogens is 344 g/mol. The lowest BCUT2D eigenvalue weighted by Crippen LogP contribution is -2.17. The fourth-order valence-corrected chi connectivity index (χ4v) is 4.13. The third-order valence-electron chi connectivity index (χ3n) is 4.78. The summed E-state index contributed by atoms with van der Waals surface area (Å²) < 4.78 is 1.85. The molecular formula is C20H22N4OS. The normalized spacial score (nSPS) is 14.7. The second-order valence-electron chi connectivity index (χ2n) is 6.77. The zero-order valence-electron chi connectivity index (χ0n) is 14.8. The van der Waals surface area contributed by atoms with Crippen LogP contribution in [0.5, 0.6) is 0 Å². The molecule has 2 aromatic heterocycles. The van der Waals surface area contributed by atoms with Crippen molar-refractivity contribution in [2.24, 2.45) is 0 Å². The molecule has 1 aliphatic rings. The molecule has 134 valence electrons. The smallest absolute Gasteiger partial charge is 0.231 e. The van der Waals surface area contributed by atoms with Crippen molar-refractivity contribution in [2.75, 3.05) is 5.32 Å². The van der Waals surface area contributed by atoms with Gasteiger partial charge in [0.05, 0.1) is 28.5 Å². The lowest BCUT2D eigenvalue weighted by atomic mass is 10.0. The maximum Gasteiger partial charge on any atom is 0.231 e. The first-order chi connectivity index (χ1) is 12.7. The molecule has 0 aliphatic heterocycles. The highest BCUT2D eigenvalue weighted by Gasteiger charge is 2.22. The molecule has 0 unspecified atom stereocenters. The molecule has 0 radical (unpaired) electrons. The lowest BCUT2D eigenvalue weighted by Gasteiger charge is -2.08. The van der Waals surface area contributed by atoms with Crippen molar-refractivity contribution in [1.29, 1.82) is 0 Å². The molecule has 0 atom stereocenters. The number of para-hydroxylation sites is 1. The maximum atomic E-state index is 12.5. The van der Waals surface area contributed by atoms with Crippen LogP contribution >= 0.6 is 11.3 Å². The van der Waals surface area contributed by atoms with Crippen LogP contribution in [0, 0.1) is 6.92 Å². The second-order valence-corrected chi connectivity index (χ2v) is 7.83. The van der Waals surface area contributed by atoms with Crippen LogP contribution in [0.4, 0.5) is 5.82 Å². The zero-order valence-corrected chi connectivity index (χ0v) is 15.6. The van der Waals surface area contributed by atoms with E-state index in [2.05, 4.69) is 10.3 Å². The first kappa shape index (κ1) is 17.0. The summed E-state index contributed by atoms with van der Waals surface area (Å²) in [5, 5.41) is 10.8. The molecule has 1 aromatic carbocycles. The van der Waals surface area contributed by atoms with Crippen LogP contribution in [0.15, 0.2) is 41.8 Å². The zero-order chi connectivity index (χ0) is 17.9. The maximum absolute atomic E-state index is 12.5. The molecule has 0 spiro atoms. The van der Waals surface area contributed by atoms with Crippen molar-refractivity contribution in [3.8, 4) is 5.69 Å². The topological polar surface area (TPSA) is 59.8 Å². The number of aryl methyl sites for hydroxylation is 1. The summed E-state index contributed by atoms with van der Waals surface area (Å²) in [6.07, 6.45) is 5.15. The average molecular weight is 366 g/mol. The summed E-state index contributed by atoms with van der Waals surface area (Å²) in [6.45, 7) is 1.95. The minimum atomic E-state index is -0.0645. The highest BCUT2D eigenvalue weighted by atomic mass is 32.1. The van der Waals surface area contributed by atoms with Gasteiger partial charge in [0.15, 0.2) is 0 Å². The van der Waals surface area contributed by atoms with Gasteiger partial charge in [0, 0.05) is 17.4 Å². The Labute approximate surface area is 157 Å². The van der Waals surface area contributed by atoms with E-state index in [1.165, 1.54) is 25.7 Å². The summed E-state index contributed by atoms with van der Waals surface area (Å²) in [7, 11) is 0. The van der Waals surface area contributed by atoms with E-state index in [1.54, 1.807) is 11.3 Å². The molecule has 26 heavy (non-hydrogen) atoms. The van der Waals surface area contributed by atoms with E-state index in [0.717, 1.165) is 27.9 Å². The molecule has 1 fully saturated rings. The van der Waals surface area contributed by atoms with Crippen molar-refractivity contribution in [2.45, 2.75) is 44.9 Å². The van der Waals surface area contributed by atoms with Gasteiger partial charge in [-0.3, -0.25) is 4.79 Å². The van der Waals surface area contributed by atoms with Crippen molar-refractivity contribution in [3.05, 3.63) is 58.2 Å². The number of aromatic nitrogens is 3. The highest BCUT2D eigenvalue weighted by Crippen LogP contribution is 2.35. The van der Waals surface area contributed by atoms with Gasteiger partial charge in [-0.25, -0.2) is 9.67 Å². The highest BCUT2D eigenvalue weighted by molar-refractivity contribution is 7.09. The summed E-state index contributed by atoms with van der Waals surface area (Å²) >= 11 is 1.56. The monoisotopic (exact) mass is 366 g/mol. The number of hydrogen-bond donors (Lipinski definition) is 1. The van der Waals surface area contributed by atoms with Gasteiger partial charge in [-0.15, -0.1) is 11.3 Å². The molecule has 1 saturated carbocycles. The van der Waals surface area contributed by atoms with E-state index in [-0.39, 0.29) is 12.3 Å². The van der Waals surface area contributed by atoms with Gasteiger partial charge < -0.3 is 5.32 Å². The van der Waals surface area contributed by atoms with Crippen LogP contribution in [0.25, 0.3) is 5.69 Å². The van der Waals surface area contributed by atoms with Gasteiger partial charge >= 0.3 is 0 Å². The van der Waals surface area contributed by atoms with Crippen molar-refractivity contribution < 1.29 is 4.79 Å². The lowest BCUT2D eigenvalue weighted by molar-refractivity contribution is -0.115. The third kappa shape index (κ3) is 3.70. The fourth-order valence-electron chi connectivity index (χ4n) is 3.52. The van der Waals surface area contributed by atoms with Gasteiger partial charge in [-0.2, -0.15) is 5.10 Å². The van der Waals surface area contributed by atoms with Crippen LogP contribution < -0.4 is 5.32 Å². The largest absolute Gasteiger partial charge is 0.310 e. The Bertz CT molecular complexity index is 894. The van der Waals surface area contributed by atoms with Crippen molar-refractivity contribution in [1.82, 2.24) is 14.8 Å². The Hall–Kier alpha value is -2.47. The predicted molar refractivity (Wildman–Crippen MR) is 104 cm³/mol. The van der Waals surface area contributed by atoms with E-state index in [4.69, 9.17) is 5.10 Å². The summed E-state index contributed by atoms with van der Waals surface area (Å²) in [5.41, 5.74) is 2.84. The van der Waals surface area contributed by atoms with E-state index < -0.39 is 0 Å². The Morgan fingerprint density at radius 3 is 2.73 bits per heavy atom. The Morgan fingerprint density at radius 1 is 1.27 bits per heavy atom. The van der Waals surface area contributed by atoms with Crippen molar-refractivity contribution in [3.63, 3.8) is 0 Å². The minimum Gasteiger partial charge on any atom is -0.310 e. The molecule has 5 nitrogen and oxygen atoms in total. The first-order valence-electron chi connectivity index (χ1n) is 9.05. The number of nitrogens with one attached hydrogen (secondary N) is 1. The Balaban J connectivity index is 1.59. The number of amides is 1. The second kappa shape index (κ2) is 7.41. The van der Waals surface area contributed by atoms with Crippen LogP contribution in [-0.4, -0.2) is 20.7 Å². The molecule has 3 aromatic rings. The number of benzene rings is 1. The Morgan fingerprint density at radius 2 is 2.04 bits per heavy atom. The Kier molecular flexibility index (Phi) is 4.84. The van der Waals surface area contributed by atoms with Gasteiger partial charge in [0.2, 0.25) is 5.91 Å². The quantitative estimate of drug-likeness (QED) is 0.724. The molecule has 1 amide bonds.